The van der Waals surface area contributed by atoms with Crippen molar-refractivity contribution in [3.05, 3.63) is 11.1 Å². The van der Waals surface area contributed by atoms with Gasteiger partial charge in [-0.1, -0.05) is 6.42 Å². The average molecular weight is 269 g/mol. The predicted octanol–water partition coefficient (Wildman–Crippen LogP) is 1.10. The Balaban J connectivity index is 1.90. The SMILES string of the molecule is Nc1nc(C(=O)NCC2(CC(=O)O)CCC2)cs1. The summed E-state index contributed by atoms with van der Waals surface area (Å²) in [5, 5.41) is 13.6. The van der Waals surface area contributed by atoms with Crippen molar-refractivity contribution in [1.29, 1.82) is 0 Å². The van der Waals surface area contributed by atoms with Crippen molar-refractivity contribution in [3.8, 4) is 0 Å². The average Bonchev–Trinajstić information content (AvgIpc) is 2.68. The zero-order chi connectivity index (χ0) is 13.2. The number of carbonyl (C=O) groups excluding carboxylic acids is 1. The van der Waals surface area contributed by atoms with Gasteiger partial charge in [0.2, 0.25) is 0 Å². The molecule has 98 valence electrons. The normalized spacial score (nSPS) is 16.9. The Kier molecular flexibility index (Phi) is 3.51. The molecule has 0 atom stereocenters. The number of aliphatic carboxylic acids is 1. The second-order valence-electron chi connectivity index (χ2n) is 4.68. The maximum atomic E-state index is 11.8. The summed E-state index contributed by atoms with van der Waals surface area (Å²) in [5.74, 6) is -1.11. The Morgan fingerprint density at radius 2 is 2.28 bits per heavy atom. The number of anilines is 1. The van der Waals surface area contributed by atoms with Gasteiger partial charge in [0.25, 0.3) is 5.91 Å². The van der Waals surface area contributed by atoms with Crippen LogP contribution in [0.3, 0.4) is 0 Å². The van der Waals surface area contributed by atoms with Crippen LogP contribution in [-0.4, -0.2) is 28.5 Å². The van der Waals surface area contributed by atoms with E-state index in [1.807, 2.05) is 0 Å². The van der Waals surface area contributed by atoms with Crippen LogP contribution in [0.2, 0.25) is 0 Å². The first-order valence-corrected chi connectivity index (χ1v) is 6.60. The third-order valence-electron chi connectivity index (χ3n) is 3.32. The highest BCUT2D eigenvalue weighted by molar-refractivity contribution is 7.13. The van der Waals surface area contributed by atoms with Crippen molar-refractivity contribution >= 4 is 28.3 Å². The number of amides is 1. The summed E-state index contributed by atoms with van der Waals surface area (Å²) in [6.45, 7) is 0.384. The van der Waals surface area contributed by atoms with Crippen LogP contribution in [0.15, 0.2) is 5.38 Å². The van der Waals surface area contributed by atoms with Gasteiger partial charge in [0.15, 0.2) is 5.13 Å². The first-order chi connectivity index (χ1) is 8.51. The number of nitrogens with two attached hydrogens (primary N) is 1. The number of hydrogen-bond acceptors (Lipinski definition) is 5. The second-order valence-corrected chi connectivity index (χ2v) is 5.57. The van der Waals surface area contributed by atoms with Gasteiger partial charge in [-0.15, -0.1) is 11.3 Å². The van der Waals surface area contributed by atoms with Crippen LogP contribution in [0.5, 0.6) is 0 Å². The highest BCUT2D eigenvalue weighted by atomic mass is 32.1. The fraction of sp³-hybridized carbons (Fsp3) is 0.545. The van der Waals surface area contributed by atoms with Crippen LogP contribution in [0.4, 0.5) is 5.13 Å². The van der Waals surface area contributed by atoms with Crippen molar-refractivity contribution in [2.45, 2.75) is 25.7 Å². The lowest BCUT2D eigenvalue weighted by molar-refractivity contribution is -0.141. The number of carboxylic acids is 1. The molecule has 1 aliphatic carbocycles. The largest absolute Gasteiger partial charge is 0.481 e. The molecule has 0 aliphatic heterocycles. The van der Waals surface area contributed by atoms with Gasteiger partial charge in [-0.25, -0.2) is 4.98 Å². The molecule has 1 fully saturated rings. The molecule has 0 spiro atoms. The predicted molar refractivity (Wildman–Crippen MR) is 67.4 cm³/mol. The lowest BCUT2D eigenvalue weighted by atomic mass is 9.66. The third kappa shape index (κ3) is 2.79. The van der Waals surface area contributed by atoms with Gasteiger partial charge >= 0.3 is 5.97 Å². The molecule has 1 heterocycles. The highest BCUT2D eigenvalue weighted by Crippen LogP contribution is 2.43. The van der Waals surface area contributed by atoms with Gasteiger partial charge in [0, 0.05) is 11.9 Å². The number of carbonyl (C=O) groups is 2. The number of nitrogens with one attached hydrogen (secondary N) is 1. The highest BCUT2D eigenvalue weighted by Gasteiger charge is 2.39. The molecule has 0 bridgehead atoms. The summed E-state index contributed by atoms with van der Waals surface area (Å²) in [5.41, 5.74) is 5.47. The van der Waals surface area contributed by atoms with E-state index in [9.17, 15) is 9.59 Å². The summed E-state index contributed by atoms with van der Waals surface area (Å²) < 4.78 is 0. The molecule has 1 aliphatic rings. The summed E-state index contributed by atoms with van der Waals surface area (Å²) in [6.07, 6.45) is 2.82. The zero-order valence-electron chi connectivity index (χ0n) is 9.81. The molecule has 4 N–H and O–H groups in total. The lowest BCUT2D eigenvalue weighted by Gasteiger charge is -2.40. The Bertz CT molecular complexity index is 468. The Morgan fingerprint density at radius 3 is 2.72 bits per heavy atom. The summed E-state index contributed by atoms with van der Waals surface area (Å²) in [4.78, 5) is 26.4. The topological polar surface area (TPSA) is 105 Å². The van der Waals surface area contributed by atoms with E-state index in [-0.39, 0.29) is 17.7 Å². The van der Waals surface area contributed by atoms with Gasteiger partial charge in [0.1, 0.15) is 5.69 Å². The molecule has 1 amide bonds. The number of hydrogen-bond donors (Lipinski definition) is 3. The van der Waals surface area contributed by atoms with E-state index in [0.717, 1.165) is 19.3 Å². The molecular formula is C11H15N3O3S. The van der Waals surface area contributed by atoms with Crippen LogP contribution < -0.4 is 11.1 Å². The Hall–Kier alpha value is -1.63. The van der Waals surface area contributed by atoms with Gasteiger partial charge in [-0.05, 0) is 18.3 Å². The maximum Gasteiger partial charge on any atom is 0.303 e. The molecule has 0 saturated heterocycles. The Labute approximate surface area is 108 Å². The van der Waals surface area contributed by atoms with E-state index in [4.69, 9.17) is 10.8 Å². The smallest absolute Gasteiger partial charge is 0.303 e. The molecule has 0 aromatic carbocycles. The van der Waals surface area contributed by atoms with E-state index in [1.54, 1.807) is 5.38 Å². The number of aromatic nitrogens is 1. The van der Waals surface area contributed by atoms with Crippen LogP contribution in [0.25, 0.3) is 0 Å². The third-order valence-corrected chi connectivity index (χ3v) is 3.99. The number of thiazole rings is 1. The molecule has 1 aromatic heterocycles. The molecule has 1 aromatic rings. The zero-order valence-corrected chi connectivity index (χ0v) is 10.6. The molecule has 2 rings (SSSR count). The summed E-state index contributed by atoms with van der Waals surface area (Å²) in [7, 11) is 0. The monoisotopic (exact) mass is 269 g/mol. The minimum Gasteiger partial charge on any atom is -0.481 e. The van der Waals surface area contributed by atoms with Crippen molar-refractivity contribution in [1.82, 2.24) is 10.3 Å². The summed E-state index contributed by atoms with van der Waals surface area (Å²) in [6, 6.07) is 0. The van der Waals surface area contributed by atoms with Crippen molar-refractivity contribution < 1.29 is 14.7 Å². The van der Waals surface area contributed by atoms with Gasteiger partial charge in [0.05, 0.1) is 6.42 Å². The molecule has 18 heavy (non-hydrogen) atoms. The number of nitrogens with zero attached hydrogens (tertiary/aromatic N) is 1. The van der Waals surface area contributed by atoms with Crippen molar-refractivity contribution in [2.24, 2.45) is 5.41 Å². The van der Waals surface area contributed by atoms with Gasteiger partial charge < -0.3 is 16.2 Å². The van der Waals surface area contributed by atoms with Crippen LogP contribution in [-0.2, 0) is 4.79 Å². The molecule has 6 nitrogen and oxygen atoms in total. The van der Waals surface area contributed by atoms with Gasteiger partial charge in [-0.3, -0.25) is 9.59 Å². The molecule has 7 heteroatoms. The maximum absolute atomic E-state index is 11.8. The number of nitrogen functional groups attached to an aromatic ring is 1. The fourth-order valence-corrected chi connectivity index (χ4v) is 2.71. The standard InChI is InChI=1S/C11H15N3O3S/c12-10-14-7(5-18-10)9(17)13-6-11(2-1-3-11)4-8(15)16/h5H,1-4,6H2,(H2,12,14)(H,13,17)(H,15,16). The molecule has 0 radical (unpaired) electrons. The molecule has 0 unspecified atom stereocenters. The quantitative estimate of drug-likeness (QED) is 0.742. The van der Waals surface area contributed by atoms with Gasteiger partial charge in [-0.2, -0.15) is 0 Å². The van der Waals surface area contributed by atoms with Crippen LogP contribution in [0.1, 0.15) is 36.2 Å². The first-order valence-electron chi connectivity index (χ1n) is 5.72. The van der Waals surface area contributed by atoms with E-state index >= 15 is 0 Å². The van der Waals surface area contributed by atoms with E-state index < -0.39 is 5.97 Å². The Morgan fingerprint density at radius 1 is 1.56 bits per heavy atom. The molecular weight excluding hydrogens is 254 g/mol. The summed E-state index contributed by atoms with van der Waals surface area (Å²) >= 11 is 1.21. The van der Waals surface area contributed by atoms with E-state index in [0.29, 0.717) is 17.4 Å². The molecule has 1 saturated carbocycles. The first kappa shape index (κ1) is 12.8. The second kappa shape index (κ2) is 4.93. The van der Waals surface area contributed by atoms with Crippen molar-refractivity contribution in [2.75, 3.05) is 12.3 Å². The van der Waals surface area contributed by atoms with E-state index in [2.05, 4.69) is 10.3 Å². The van der Waals surface area contributed by atoms with Crippen LogP contribution in [0, 0.1) is 5.41 Å². The number of rotatable bonds is 5. The van der Waals surface area contributed by atoms with Crippen molar-refractivity contribution in [3.63, 3.8) is 0 Å². The van der Waals surface area contributed by atoms with E-state index in [1.165, 1.54) is 11.3 Å². The fourth-order valence-electron chi connectivity index (χ4n) is 2.16. The minimum atomic E-state index is -0.818. The lowest BCUT2D eigenvalue weighted by Crippen LogP contribution is -2.43. The van der Waals surface area contributed by atoms with Crippen LogP contribution >= 0.6 is 11.3 Å². The number of carboxylic acid groups (broad SMARTS) is 1. The minimum absolute atomic E-state index is 0.104.